The fourth-order valence-corrected chi connectivity index (χ4v) is 1.52. The van der Waals surface area contributed by atoms with Gasteiger partial charge in [-0.05, 0) is 12.5 Å². The van der Waals surface area contributed by atoms with E-state index in [0.717, 1.165) is 5.56 Å². The van der Waals surface area contributed by atoms with Crippen molar-refractivity contribution >= 4 is 11.7 Å². The van der Waals surface area contributed by atoms with E-state index < -0.39 is 5.92 Å². The summed E-state index contributed by atoms with van der Waals surface area (Å²) in [7, 11) is 0. The van der Waals surface area contributed by atoms with Gasteiger partial charge in [0.05, 0.1) is 12.5 Å². The van der Waals surface area contributed by atoms with Crippen LogP contribution in [0, 0.1) is 5.92 Å². The highest BCUT2D eigenvalue weighted by atomic mass is 16.3. The summed E-state index contributed by atoms with van der Waals surface area (Å²) in [4.78, 5) is 22.6. The van der Waals surface area contributed by atoms with Crippen LogP contribution in [0.5, 0.6) is 0 Å². The molecule has 2 N–H and O–H groups in total. The Kier molecular flexibility index (Phi) is 5.36. The van der Waals surface area contributed by atoms with Crippen molar-refractivity contribution in [2.45, 2.75) is 19.9 Å². The predicted molar refractivity (Wildman–Crippen MR) is 64.2 cm³/mol. The standard InChI is InChI=1S/C13H17NO3/c1-10(16)7-12(9-15)13(17)14-8-11-5-3-2-4-6-11/h2-6,12,15H,7-9H2,1H3,(H,14,17). The number of rotatable bonds is 6. The van der Waals surface area contributed by atoms with Gasteiger partial charge in [-0.2, -0.15) is 0 Å². The second kappa shape index (κ2) is 6.81. The first-order valence-corrected chi connectivity index (χ1v) is 5.55. The maximum atomic E-state index is 11.7. The molecule has 0 aliphatic carbocycles. The third kappa shape index (κ3) is 4.78. The average Bonchev–Trinajstić information content (AvgIpc) is 2.34. The maximum absolute atomic E-state index is 11.7. The highest BCUT2D eigenvalue weighted by Gasteiger charge is 2.18. The summed E-state index contributed by atoms with van der Waals surface area (Å²) in [5.41, 5.74) is 0.986. The van der Waals surface area contributed by atoms with E-state index in [1.807, 2.05) is 30.3 Å². The average molecular weight is 235 g/mol. The Labute approximate surface area is 101 Å². The van der Waals surface area contributed by atoms with Gasteiger partial charge in [-0.25, -0.2) is 0 Å². The molecule has 1 aromatic carbocycles. The normalized spacial score (nSPS) is 11.9. The molecule has 0 spiro atoms. The molecule has 0 fully saturated rings. The highest BCUT2D eigenvalue weighted by molar-refractivity contribution is 5.85. The van der Waals surface area contributed by atoms with Crippen molar-refractivity contribution in [3.63, 3.8) is 0 Å². The van der Waals surface area contributed by atoms with Gasteiger partial charge in [0.1, 0.15) is 5.78 Å². The van der Waals surface area contributed by atoms with Crippen LogP contribution in [0.15, 0.2) is 30.3 Å². The third-order valence-electron chi connectivity index (χ3n) is 2.43. The minimum atomic E-state index is -0.642. The molecule has 1 atom stereocenters. The molecule has 0 aliphatic rings. The number of carbonyl (C=O) groups is 2. The van der Waals surface area contributed by atoms with E-state index in [9.17, 15) is 9.59 Å². The lowest BCUT2D eigenvalue weighted by molar-refractivity contribution is -0.130. The van der Waals surface area contributed by atoms with Crippen molar-refractivity contribution in [1.29, 1.82) is 0 Å². The molecule has 92 valence electrons. The van der Waals surface area contributed by atoms with Crippen LogP contribution in [-0.2, 0) is 16.1 Å². The summed E-state index contributed by atoms with van der Waals surface area (Å²) in [6.07, 6.45) is 0.0805. The molecular formula is C13H17NO3. The van der Waals surface area contributed by atoms with Crippen LogP contribution in [0.1, 0.15) is 18.9 Å². The van der Waals surface area contributed by atoms with Gasteiger partial charge in [0.25, 0.3) is 0 Å². The van der Waals surface area contributed by atoms with E-state index in [4.69, 9.17) is 5.11 Å². The topological polar surface area (TPSA) is 66.4 Å². The Bertz CT molecular complexity index is 376. The molecule has 0 saturated carbocycles. The lowest BCUT2D eigenvalue weighted by Crippen LogP contribution is -2.33. The van der Waals surface area contributed by atoms with Gasteiger partial charge < -0.3 is 15.2 Å². The van der Waals surface area contributed by atoms with Crippen LogP contribution in [0.2, 0.25) is 0 Å². The van der Waals surface area contributed by atoms with E-state index in [0.29, 0.717) is 6.54 Å². The predicted octanol–water partition coefficient (Wildman–Crippen LogP) is 0.890. The first kappa shape index (κ1) is 13.4. The van der Waals surface area contributed by atoms with Crippen LogP contribution in [-0.4, -0.2) is 23.4 Å². The van der Waals surface area contributed by atoms with Crippen molar-refractivity contribution in [2.75, 3.05) is 6.61 Å². The Morgan fingerprint density at radius 1 is 1.29 bits per heavy atom. The first-order chi connectivity index (χ1) is 8.13. The number of amides is 1. The zero-order valence-corrected chi connectivity index (χ0v) is 9.85. The molecule has 0 radical (unpaired) electrons. The number of ketones is 1. The maximum Gasteiger partial charge on any atom is 0.226 e. The van der Waals surface area contributed by atoms with Gasteiger partial charge >= 0.3 is 0 Å². The number of hydrogen-bond donors (Lipinski definition) is 2. The second-order valence-electron chi connectivity index (χ2n) is 3.99. The fourth-order valence-electron chi connectivity index (χ4n) is 1.52. The van der Waals surface area contributed by atoms with Gasteiger partial charge in [-0.1, -0.05) is 30.3 Å². The number of nitrogens with one attached hydrogen (secondary N) is 1. The van der Waals surface area contributed by atoms with Gasteiger partial charge in [0, 0.05) is 13.0 Å². The molecule has 1 unspecified atom stereocenters. The molecule has 0 aliphatic heterocycles. The van der Waals surface area contributed by atoms with E-state index in [1.54, 1.807) is 0 Å². The molecule has 0 bridgehead atoms. The minimum Gasteiger partial charge on any atom is -0.396 e. The van der Waals surface area contributed by atoms with Crippen molar-refractivity contribution in [1.82, 2.24) is 5.32 Å². The summed E-state index contributed by atoms with van der Waals surface area (Å²) in [6.45, 7) is 1.52. The molecular weight excluding hydrogens is 218 g/mol. The number of carbonyl (C=O) groups excluding carboxylic acids is 2. The van der Waals surface area contributed by atoms with Crippen LogP contribution >= 0.6 is 0 Å². The number of Topliss-reactive ketones (excluding diaryl/α,β-unsaturated/α-hetero) is 1. The molecule has 1 aromatic rings. The number of hydrogen-bond acceptors (Lipinski definition) is 3. The second-order valence-corrected chi connectivity index (χ2v) is 3.99. The quantitative estimate of drug-likeness (QED) is 0.769. The van der Waals surface area contributed by atoms with Crippen molar-refractivity contribution < 1.29 is 14.7 Å². The highest BCUT2D eigenvalue weighted by Crippen LogP contribution is 2.04. The number of aliphatic hydroxyl groups is 1. The molecule has 4 nitrogen and oxygen atoms in total. The lowest BCUT2D eigenvalue weighted by Gasteiger charge is -2.12. The zero-order valence-electron chi connectivity index (χ0n) is 9.85. The van der Waals surface area contributed by atoms with Gasteiger partial charge in [0.15, 0.2) is 0 Å². The van der Waals surface area contributed by atoms with Gasteiger partial charge in [-0.3, -0.25) is 4.79 Å². The van der Waals surface area contributed by atoms with Gasteiger partial charge in [0.2, 0.25) is 5.91 Å². The molecule has 0 saturated heterocycles. The summed E-state index contributed by atoms with van der Waals surface area (Å²) in [5, 5.41) is 11.7. The van der Waals surface area contributed by atoms with E-state index in [2.05, 4.69) is 5.32 Å². The van der Waals surface area contributed by atoms with Crippen LogP contribution in [0.25, 0.3) is 0 Å². The molecule has 0 heterocycles. The largest absolute Gasteiger partial charge is 0.396 e. The molecule has 17 heavy (non-hydrogen) atoms. The third-order valence-corrected chi connectivity index (χ3v) is 2.43. The SMILES string of the molecule is CC(=O)CC(CO)C(=O)NCc1ccccc1. The summed E-state index contributed by atoms with van der Waals surface area (Å²) < 4.78 is 0. The fraction of sp³-hybridized carbons (Fsp3) is 0.385. The minimum absolute atomic E-state index is 0.0805. The molecule has 0 aromatic heterocycles. The van der Waals surface area contributed by atoms with Crippen LogP contribution < -0.4 is 5.32 Å². The van der Waals surface area contributed by atoms with E-state index in [1.165, 1.54) is 6.92 Å². The Morgan fingerprint density at radius 3 is 2.47 bits per heavy atom. The monoisotopic (exact) mass is 235 g/mol. The molecule has 4 heteroatoms. The number of aliphatic hydroxyl groups excluding tert-OH is 1. The summed E-state index contributed by atoms with van der Waals surface area (Å²) in [6, 6.07) is 9.48. The lowest BCUT2D eigenvalue weighted by atomic mass is 10.0. The summed E-state index contributed by atoms with van der Waals surface area (Å²) in [5.74, 6) is -1.03. The smallest absolute Gasteiger partial charge is 0.226 e. The van der Waals surface area contributed by atoms with Crippen molar-refractivity contribution in [3.05, 3.63) is 35.9 Å². The van der Waals surface area contributed by atoms with Crippen LogP contribution in [0.3, 0.4) is 0 Å². The Hall–Kier alpha value is -1.68. The van der Waals surface area contributed by atoms with Crippen molar-refractivity contribution in [3.8, 4) is 0 Å². The van der Waals surface area contributed by atoms with E-state index in [-0.39, 0.29) is 24.7 Å². The number of benzene rings is 1. The summed E-state index contributed by atoms with van der Waals surface area (Å²) >= 11 is 0. The Balaban J connectivity index is 2.45. The van der Waals surface area contributed by atoms with Crippen LogP contribution in [0.4, 0.5) is 0 Å². The zero-order chi connectivity index (χ0) is 12.7. The van der Waals surface area contributed by atoms with E-state index >= 15 is 0 Å². The Morgan fingerprint density at radius 2 is 1.94 bits per heavy atom. The van der Waals surface area contributed by atoms with Gasteiger partial charge in [-0.15, -0.1) is 0 Å². The molecule has 1 amide bonds. The molecule has 1 rings (SSSR count). The first-order valence-electron chi connectivity index (χ1n) is 5.55. The van der Waals surface area contributed by atoms with Crippen molar-refractivity contribution in [2.24, 2.45) is 5.92 Å².